The Morgan fingerprint density at radius 3 is 1.06 bits per heavy atom. The first-order valence-electron chi connectivity index (χ1n) is 10.4. The van der Waals surface area contributed by atoms with Gasteiger partial charge in [-0.15, -0.1) is 0 Å². The third-order valence-electron chi connectivity index (χ3n) is 4.43. The number of allylic oxidation sites excluding steroid dienone is 4. The number of aliphatic hydroxyl groups excluding tert-OH is 3. The second kappa shape index (κ2) is 25.9. The Morgan fingerprint density at radius 1 is 0.516 bits per heavy atom. The average molecular weight is 441 g/mol. The fourth-order valence-electron chi connectivity index (χ4n) is 2.78. The lowest BCUT2D eigenvalue weighted by Crippen LogP contribution is -2.28. The molecular formula is C24H40O7. The van der Waals surface area contributed by atoms with Crippen LogP contribution in [-0.4, -0.2) is 57.2 Å². The minimum atomic E-state index is -0.441. The van der Waals surface area contributed by atoms with Crippen molar-refractivity contribution in [2.45, 2.75) is 76.1 Å². The molecule has 7 N–H and O–H groups in total. The second-order valence-electron chi connectivity index (χ2n) is 6.91. The van der Waals surface area contributed by atoms with Crippen LogP contribution in [-0.2, 0) is 9.59 Å². The van der Waals surface area contributed by atoms with Gasteiger partial charge in [0.1, 0.15) is 12.6 Å². The Balaban J connectivity index is -0.000000331. The van der Waals surface area contributed by atoms with Gasteiger partial charge in [-0.25, -0.2) is 0 Å². The Kier molecular flexibility index (Phi) is 27.9. The van der Waals surface area contributed by atoms with Crippen LogP contribution in [0, 0.1) is 0 Å². The molecule has 7 heteroatoms. The zero-order valence-corrected chi connectivity index (χ0v) is 18.2. The van der Waals surface area contributed by atoms with Crippen LogP contribution in [0.1, 0.15) is 57.8 Å². The third-order valence-corrected chi connectivity index (χ3v) is 4.43. The van der Waals surface area contributed by atoms with Crippen molar-refractivity contribution in [3.05, 3.63) is 60.7 Å². The third kappa shape index (κ3) is 24.0. The summed E-state index contributed by atoms with van der Waals surface area (Å²) in [5, 5.41) is 26.8. The van der Waals surface area contributed by atoms with Crippen LogP contribution in [0.15, 0.2) is 60.7 Å². The molecule has 31 heavy (non-hydrogen) atoms. The lowest BCUT2D eigenvalue weighted by molar-refractivity contribution is -0.104. The molecule has 2 aliphatic rings. The topological polar surface area (TPSA) is 158 Å². The van der Waals surface area contributed by atoms with E-state index in [-0.39, 0.29) is 17.1 Å². The van der Waals surface area contributed by atoms with Gasteiger partial charge >= 0.3 is 0 Å². The van der Waals surface area contributed by atoms with Crippen molar-refractivity contribution in [3.63, 3.8) is 0 Å². The van der Waals surface area contributed by atoms with Crippen LogP contribution >= 0.6 is 0 Å². The zero-order valence-electron chi connectivity index (χ0n) is 18.2. The fraction of sp³-hybridized carbons (Fsp3) is 0.500. The van der Waals surface area contributed by atoms with Gasteiger partial charge in [0.05, 0.1) is 18.3 Å². The van der Waals surface area contributed by atoms with E-state index in [9.17, 15) is 9.59 Å². The molecule has 1 aromatic rings. The maximum absolute atomic E-state index is 9.56. The first kappa shape index (κ1) is 33.5. The molecule has 3 rings (SSSR count). The van der Waals surface area contributed by atoms with Crippen molar-refractivity contribution in [1.82, 2.24) is 0 Å². The van der Waals surface area contributed by atoms with Crippen LogP contribution < -0.4 is 0 Å². The number of carbonyl (C=O) groups is 2. The number of hydrogen-bond acceptors (Lipinski definition) is 5. The highest BCUT2D eigenvalue weighted by molar-refractivity contribution is 5.68. The summed E-state index contributed by atoms with van der Waals surface area (Å²) in [6, 6.07) is 12.0. The van der Waals surface area contributed by atoms with E-state index in [1.54, 1.807) is 0 Å². The minimum absolute atomic E-state index is 0. The predicted octanol–water partition coefficient (Wildman–Crippen LogP) is 2.13. The summed E-state index contributed by atoms with van der Waals surface area (Å²) >= 11 is 0. The minimum Gasteiger partial charge on any atom is -0.412 e. The van der Waals surface area contributed by atoms with Crippen molar-refractivity contribution < 1.29 is 35.9 Å². The summed E-state index contributed by atoms with van der Waals surface area (Å²) in [5.41, 5.74) is 0. The molecule has 2 atom stereocenters. The van der Waals surface area contributed by atoms with Crippen LogP contribution in [0.4, 0.5) is 0 Å². The zero-order chi connectivity index (χ0) is 21.6. The van der Waals surface area contributed by atoms with E-state index in [0.717, 1.165) is 38.5 Å². The van der Waals surface area contributed by atoms with E-state index < -0.39 is 12.2 Å². The standard InChI is InChI=1S/C6H12O2.C6H6O2.C6H12O.C6H6.2H2O/c7-5-3-1-2-4-6(5)8;7-5-3-1-2-4-6-8;7-6-4-2-1-3-5-6;1-2-4-6-5-3-1;;/h5-8H,1-4H2;1-6H;6-7H,1-5H2;1-6H;2*1H2/b;3-1-,4-2-;;;;. The first-order valence-corrected chi connectivity index (χ1v) is 10.4. The molecule has 2 aliphatic carbocycles. The molecule has 1 aromatic carbocycles. The van der Waals surface area contributed by atoms with E-state index in [0.29, 0.717) is 12.6 Å². The summed E-state index contributed by atoms with van der Waals surface area (Å²) in [6.07, 6.45) is 15.6. The number of benzene rings is 1. The first-order chi connectivity index (χ1) is 14.1. The highest BCUT2D eigenvalue weighted by Gasteiger charge is 2.19. The molecule has 0 amide bonds. The van der Waals surface area contributed by atoms with Crippen molar-refractivity contribution in [3.8, 4) is 0 Å². The molecule has 0 radical (unpaired) electrons. The van der Waals surface area contributed by atoms with Gasteiger partial charge in [0, 0.05) is 0 Å². The van der Waals surface area contributed by atoms with Gasteiger partial charge in [-0.2, -0.15) is 0 Å². The molecule has 2 fully saturated rings. The molecule has 0 aromatic heterocycles. The monoisotopic (exact) mass is 440 g/mol. The van der Waals surface area contributed by atoms with E-state index in [2.05, 4.69) is 0 Å². The molecule has 7 nitrogen and oxygen atoms in total. The molecule has 2 unspecified atom stereocenters. The van der Waals surface area contributed by atoms with Gasteiger partial charge in [-0.05, 0) is 37.8 Å². The summed E-state index contributed by atoms with van der Waals surface area (Å²) in [5.74, 6) is 0. The number of aliphatic hydroxyl groups is 3. The summed E-state index contributed by atoms with van der Waals surface area (Å²) in [6.45, 7) is 0. The number of carbonyl (C=O) groups excluding carboxylic acids is 2. The van der Waals surface area contributed by atoms with Gasteiger partial charge in [0.2, 0.25) is 0 Å². The van der Waals surface area contributed by atoms with E-state index in [1.165, 1.54) is 43.6 Å². The van der Waals surface area contributed by atoms with Crippen molar-refractivity contribution in [2.75, 3.05) is 0 Å². The molecule has 178 valence electrons. The lowest BCUT2D eigenvalue weighted by atomic mass is 9.95. The van der Waals surface area contributed by atoms with Crippen molar-refractivity contribution >= 4 is 12.6 Å². The van der Waals surface area contributed by atoms with Gasteiger partial charge in [0.15, 0.2) is 0 Å². The Bertz CT molecular complexity index is 487. The average Bonchev–Trinajstić information content (AvgIpc) is 2.77. The van der Waals surface area contributed by atoms with Crippen molar-refractivity contribution in [2.24, 2.45) is 0 Å². The number of aldehydes is 2. The molecular weight excluding hydrogens is 400 g/mol. The largest absolute Gasteiger partial charge is 0.412 e. The Morgan fingerprint density at radius 2 is 0.839 bits per heavy atom. The second-order valence-corrected chi connectivity index (χ2v) is 6.91. The summed E-state index contributed by atoms with van der Waals surface area (Å²) < 4.78 is 0. The van der Waals surface area contributed by atoms with E-state index in [1.807, 2.05) is 36.4 Å². The van der Waals surface area contributed by atoms with Gasteiger partial charge in [-0.3, -0.25) is 9.59 Å². The quantitative estimate of drug-likeness (QED) is 0.372. The van der Waals surface area contributed by atoms with Gasteiger partial charge in [0.25, 0.3) is 0 Å². The maximum Gasteiger partial charge on any atom is 0.142 e. The van der Waals surface area contributed by atoms with E-state index in [4.69, 9.17) is 15.3 Å². The molecule has 0 aliphatic heterocycles. The number of hydrogen-bond donors (Lipinski definition) is 3. The molecule has 0 heterocycles. The normalized spacial score (nSPS) is 20.2. The SMILES string of the molecule is O.O.O=C/C=C\C=C/C=O.OC1CCCCC1.OC1CCCCC1O.c1ccccc1. The highest BCUT2D eigenvalue weighted by atomic mass is 16.3. The Labute approximate surface area is 185 Å². The molecule has 2 saturated carbocycles. The van der Waals surface area contributed by atoms with E-state index >= 15 is 0 Å². The highest BCUT2D eigenvalue weighted by Crippen LogP contribution is 2.17. The predicted molar refractivity (Wildman–Crippen MR) is 124 cm³/mol. The maximum atomic E-state index is 9.56. The molecule has 0 saturated heterocycles. The number of rotatable bonds is 3. The summed E-state index contributed by atoms with van der Waals surface area (Å²) in [7, 11) is 0. The van der Waals surface area contributed by atoms with Gasteiger partial charge in [-0.1, -0.05) is 80.7 Å². The van der Waals surface area contributed by atoms with Crippen LogP contribution in [0.25, 0.3) is 0 Å². The molecule has 0 bridgehead atoms. The fourth-order valence-corrected chi connectivity index (χ4v) is 2.78. The summed E-state index contributed by atoms with van der Waals surface area (Å²) in [4.78, 5) is 19.1. The lowest BCUT2D eigenvalue weighted by Gasteiger charge is -2.22. The van der Waals surface area contributed by atoms with Crippen LogP contribution in [0.3, 0.4) is 0 Å². The van der Waals surface area contributed by atoms with Gasteiger partial charge < -0.3 is 26.3 Å². The van der Waals surface area contributed by atoms with Crippen LogP contribution in [0.2, 0.25) is 0 Å². The van der Waals surface area contributed by atoms with Crippen molar-refractivity contribution in [1.29, 1.82) is 0 Å². The van der Waals surface area contributed by atoms with Crippen LogP contribution in [0.5, 0.6) is 0 Å². The molecule has 0 spiro atoms. The Hall–Kier alpha value is -2.16. The smallest absolute Gasteiger partial charge is 0.142 e.